The van der Waals surface area contributed by atoms with Crippen LogP contribution in [0.1, 0.15) is 24.3 Å². The molecule has 2 aromatic rings. The van der Waals surface area contributed by atoms with Gasteiger partial charge in [-0.2, -0.15) is 0 Å². The molecule has 0 bridgehead atoms. The van der Waals surface area contributed by atoms with Crippen molar-refractivity contribution in [2.75, 3.05) is 5.32 Å². The van der Waals surface area contributed by atoms with Gasteiger partial charge >= 0.3 is 0 Å². The van der Waals surface area contributed by atoms with Gasteiger partial charge < -0.3 is 11.1 Å². The van der Waals surface area contributed by atoms with Crippen molar-refractivity contribution in [3.8, 4) is 0 Å². The Bertz CT molecular complexity index is 627. The van der Waals surface area contributed by atoms with E-state index in [1.54, 1.807) is 38.2 Å². The number of anilines is 1. The Morgan fingerprint density at radius 2 is 2.14 bits per heavy atom. The number of nitrogens with two attached hydrogens (primary N) is 1. The van der Waals surface area contributed by atoms with Crippen LogP contribution in [0, 0.1) is 11.7 Å². The summed E-state index contributed by atoms with van der Waals surface area (Å²) in [4.78, 5) is 16.9. The molecule has 2 rings (SSSR count). The summed E-state index contributed by atoms with van der Waals surface area (Å²) in [6, 6.07) is 6.41. The topological polar surface area (TPSA) is 68.0 Å². The molecule has 1 aromatic heterocycles. The maximum Gasteiger partial charge on any atom is 0.230 e. The molecule has 0 spiro atoms. The molecule has 21 heavy (non-hydrogen) atoms. The molecule has 6 heteroatoms. The van der Waals surface area contributed by atoms with E-state index in [4.69, 9.17) is 5.73 Å². The molecule has 0 aliphatic heterocycles. The Labute approximate surface area is 127 Å². The number of carbonyl (C=O) groups is 1. The van der Waals surface area contributed by atoms with Crippen molar-refractivity contribution in [3.05, 3.63) is 46.7 Å². The lowest BCUT2D eigenvalue weighted by molar-refractivity contribution is -0.119. The highest BCUT2D eigenvalue weighted by atomic mass is 32.1. The van der Waals surface area contributed by atoms with Gasteiger partial charge in [0.1, 0.15) is 5.82 Å². The largest absolute Gasteiger partial charge is 0.327 e. The number of rotatable bonds is 5. The van der Waals surface area contributed by atoms with Crippen LogP contribution in [-0.4, -0.2) is 16.9 Å². The van der Waals surface area contributed by atoms with Gasteiger partial charge in [0, 0.05) is 23.5 Å². The lowest BCUT2D eigenvalue weighted by Gasteiger charge is -2.13. The second-order valence-corrected chi connectivity index (χ2v) is 6.15. The zero-order valence-corrected chi connectivity index (χ0v) is 12.8. The van der Waals surface area contributed by atoms with E-state index in [0.717, 1.165) is 4.88 Å². The predicted octanol–water partition coefficient (Wildman–Crippen LogP) is 2.79. The van der Waals surface area contributed by atoms with Crippen LogP contribution in [0.4, 0.5) is 9.52 Å². The van der Waals surface area contributed by atoms with Crippen LogP contribution < -0.4 is 11.1 Å². The lowest BCUT2D eigenvalue weighted by Crippen LogP contribution is -2.34. The van der Waals surface area contributed by atoms with Crippen molar-refractivity contribution < 1.29 is 9.18 Å². The van der Waals surface area contributed by atoms with Crippen molar-refractivity contribution in [1.29, 1.82) is 0 Å². The minimum absolute atomic E-state index is 0.156. The number of thiazole rings is 1. The number of aromatic nitrogens is 1. The zero-order valence-electron chi connectivity index (χ0n) is 12.0. The summed E-state index contributed by atoms with van der Waals surface area (Å²) in [6.07, 6.45) is 2.12. The number of nitrogens with zero attached hydrogens (tertiary/aromatic N) is 1. The molecule has 1 heterocycles. The van der Waals surface area contributed by atoms with Gasteiger partial charge in [0.05, 0.1) is 5.92 Å². The van der Waals surface area contributed by atoms with Crippen LogP contribution in [0.2, 0.25) is 0 Å². The Balaban J connectivity index is 2.02. The molecular weight excluding hydrogens is 289 g/mol. The van der Waals surface area contributed by atoms with Crippen LogP contribution in [0.25, 0.3) is 0 Å². The van der Waals surface area contributed by atoms with E-state index in [1.165, 1.54) is 17.4 Å². The lowest BCUT2D eigenvalue weighted by atomic mass is 10.0. The second kappa shape index (κ2) is 6.78. The molecule has 0 aliphatic carbocycles. The third kappa shape index (κ3) is 4.09. The molecule has 0 fully saturated rings. The molecule has 0 saturated carbocycles. The number of hydrogen-bond donors (Lipinski definition) is 2. The third-order valence-corrected chi connectivity index (χ3v) is 4.22. The van der Waals surface area contributed by atoms with Gasteiger partial charge in [-0.15, -0.1) is 11.3 Å². The van der Waals surface area contributed by atoms with Gasteiger partial charge in [-0.25, -0.2) is 9.37 Å². The SMILES string of the molecule is CC(N)C(C)C(=O)Nc1ncc(Cc2ccccc2F)s1. The normalized spacial score (nSPS) is 13.7. The van der Waals surface area contributed by atoms with E-state index in [9.17, 15) is 9.18 Å². The fourth-order valence-electron chi connectivity index (χ4n) is 1.73. The van der Waals surface area contributed by atoms with Crippen molar-refractivity contribution >= 4 is 22.4 Å². The van der Waals surface area contributed by atoms with E-state index in [0.29, 0.717) is 17.1 Å². The summed E-state index contributed by atoms with van der Waals surface area (Å²) in [5.41, 5.74) is 6.31. The first-order valence-electron chi connectivity index (χ1n) is 6.72. The molecule has 0 saturated heterocycles. The van der Waals surface area contributed by atoms with E-state index in [1.807, 2.05) is 0 Å². The molecule has 2 atom stereocenters. The van der Waals surface area contributed by atoms with Crippen LogP contribution in [0.3, 0.4) is 0 Å². The fraction of sp³-hybridized carbons (Fsp3) is 0.333. The quantitative estimate of drug-likeness (QED) is 0.892. The molecule has 0 aliphatic rings. The summed E-state index contributed by atoms with van der Waals surface area (Å²) in [5.74, 6) is -0.678. The smallest absolute Gasteiger partial charge is 0.230 e. The van der Waals surface area contributed by atoms with Crippen molar-refractivity contribution in [2.24, 2.45) is 11.7 Å². The number of halogens is 1. The average Bonchev–Trinajstić information content (AvgIpc) is 2.87. The highest BCUT2D eigenvalue weighted by Crippen LogP contribution is 2.22. The molecule has 3 N–H and O–H groups in total. The Kier molecular flexibility index (Phi) is 5.03. The average molecular weight is 307 g/mol. The molecule has 0 radical (unpaired) electrons. The van der Waals surface area contributed by atoms with Crippen LogP contribution in [0.15, 0.2) is 30.5 Å². The number of carbonyl (C=O) groups excluding carboxylic acids is 1. The Morgan fingerprint density at radius 3 is 2.81 bits per heavy atom. The molecule has 1 aromatic carbocycles. The predicted molar refractivity (Wildman–Crippen MR) is 82.8 cm³/mol. The Morgan fingerprint density at radius 1 is 1.43 bits per heavy atom. The number of hydrogen-bond acceptors (Lipinski definition) is 4. The standard InChI is InChI=1S/C15H18FN3OS/c1-9(10(2)17)14(20)19-15-18-8-12(21-15)7-11-5-3-4-6-13(11)16/h3-6,8-10H,7,17H2,1-2H3,(H,18,19,20). The van der Waals surface area contributed by atoms with Gasteiger partial charge in [0.25, 0.3) is 0 Å². The summed E-state index contributed by atoms with van der Waals surface area (Å²) in [6.45, 7) is 3.56. The van der Waals surface area contributed by atoms with Gasteiger partial charge in [-0.05, 0) is 18.6 Å². The first kappa shape index (κ1) is 15.6. The summed E-state index contributed by atoms with van der Waals surface area (Å²) < 4.78 is 13.6. The second-order valence-electron chi connectivity index (χ2n) is 5.04. The highest BCUT2D eigenvalue weighted by molar-refractivity contribution is 7.15. The van der Waals surface area contributed by atoms with Crippen molar-refractivity contribution in [2.45, 2.75) is 26.3 Å². The maximum absolute atomic E-state index is 13.6. The van der Waals surface area contributed by atoms with E-state index >= 15 is 0 Å². The van der Waals surface area contributed by atoms with Crippen molar-refractivity contribution in [1.82, 2.24) is 4.98 Å². The van der Waals surface area contributed by atoms with Crippen LogP contribution >= 0.6 is 11.3 Å². The number of benzene rings is 1. The van der Waals surface area contributed by atoms with E-state index < -0.39 is 0 Å². The van der Waals surface area contributed by atoms with E-state index in [-0.39, 0.29) is 23.7 Å². The molecule has 4 nitrogen and oxygen atoms in total. The molecule has 112 valence electrons. The molecule has 2 unspecified atom stereocenters. The molecular formula is C15H18FN3OS. The zero-order chi connectivity index (χ0) is 15.4. The minimum atomic E-state index is -0.288. The van der Waals surface area contributed by atoms with Crippen LogP contribution in [0.5, 0.6) is 0 Å². The van der Waals surface area contributed by atoms with Crippen molar-refractivity contribution in [3.63, 3.8) is 0 Å². The Hall–Kier alpha value is -1.79. The van der Waals surface area contributed by atoms with Crippen LogP contribution in [-0.2, 0) is 11.2 Å². The van der Waals surface area contributed by atoms with Gasteiger partial charge in [0.15, 0.2) is 5.13 Å². The number of nitrogens with one attached hydrogen (secondary N) is 1. The fourth-order valence-corrected chi connectivity index (χ4v) is 2.57. The third-order valence-electron chi connectivity index (χ3n) is 3.31. The summed E-state index contributed by atoms with van der Waals surface area (Å²) in [7, 11) is 0. The van der Waals surface area contributed by atoms with Gasteiger partial charge in [-0.3, -0.25) is 4.79 Å². The maximum atomic E-state index is 13.6. The first-order valence-corrected chi connectivity index (χ1v) is 7.53. The first-order chi connectivity index (χ1) is 9.97. The minimum Gasteiger partial charge on any atom is -0.327 e. The summed E-state index contributed by atoms with van der Waals surface area (Å²) in [5, 5.41) is 3.25. The summed E-state index contributed by atoms with van der Waals surface area (Å²) >= 11 is 1.34. The monoisotopic (exact) mass is 307 g/mol. The highest BCUT2D eigenvalue weighted by Gasteiger charge is 2.18. The molecule has 1 amide bonds. The van der Waals surface area contributed by atoms with E-state index in [2.05, 4.69) is 10.3 Å². The number of amides is 1. The van der Waals surface area contributed by atoms with Gasteiger partial charge in [0.2, 0.25) is 5.91 Å². The van der Waals surface area contributed by atoms with Gasteiger partial charge in [-0.1, -0.05) is 25.1 Å².